The van der Waals surface area contributed by atoms with Crippen molar-refractivity contribution in [3.63, 3.8) is 0 Å². The smallest absolute Gasteiger partial charge is 0.243 e. The van der Waals surface area contributed by atoms with Gasteiger partial charge in [0.25, 0.3) is 0 Å². The molecule has 0 fully saturated rings. The van der Waals surface area contributed by atoms with Gasteiger partial charge in [0.1, 0.15) is 4.90 Å². The van der Waals surface area contributed by atoms with Gasteiger partial charge in [-0.1, -0.05) is 30.3 Å². The Hall–Kier alpha value is -1.04. The fraction of sp³-hybridized carbons (Fsp3) is 0.200. The van der Waals surface area contributed by atoms with Gasteiger partial charge >= 0.3 is 0 Å². The lowest BCUT2D eigenvalue weighted by molar-refractivity contribution is 0.585. The van der Waals surface area contributed by atoms with Gasteiger partial charge in [0, 0.05) is 11.6 Å². The molecule has 0 aromatic heterocycles. The van der Waals surface area contributed by atoms with Crippen LogP contribution < -0.4 is 10.5 Å². The average Bonchev–Trinajstić information content (AvgIpc) is 2.14. The highest BCUT2D eigenvalue weighted by atomic mass is 35.5. The van der Waals surface area contributed by atoms with Crippen LogP contribution in [0.4, 0.5) is 5.69 Å². The maximum atomic E-state index is 11.9. The van der Waals surface area contributed by atoms with Gasteiger partial charge in [-0.05, 0) is 18.6 Å². The molecule has 0 aliphatic heterocycles. The van der Waals surface area contributed by atoms with Crippen LogP contribution in [0.2, 0.25) is 0 Å². The Balaban J connectivity index is 3.12. The molecule has 0 heterocycles. The van der Waals surface area contributed by atoms with Crippen LogP contribution in [0, 0.1) is 6.92 Å². The van der Waals surface area contributed by atoms with E-state index in [1.54, 1.807) is 19.1 Å². The van der Waals surface area contributed by atoms with Crippen LogP contribution in [0.1, 0.15) is 5.56 Å². The number of hydrogen-bond donors (Lipinski definition) is 2. The minimum Gasteiger partial charge on any atom is -0.398 e. The summed E-state index contributed by atoms with van der Waals surface area (Å²) in [6, 6.07) is 4.92. The molecule has 0 bridgehead atoms. The van der Waals surface area contributed by atoms with Gasteiger partial charge < -0.3 is 5.73 Å². The van der Waals surface area contributed by atoms with Gasteiger partial charge in [0.05, 0.1) is 5.69 Å². The maximum absolute atomic E-state index is 11.9. The first-order chi connectivity index (χ1) is 7.34. The number of rotatable bonds is 4. The maximum Gasteiger partial charge on any atom is 0.243 e. The Kier molecular flexibility index (Phi) is 3.96. The van der Waals surface area contributed by atoms with E-state index in [0.717, 1.165) is 0 Å². The predicted octanol–water partition coefficient (Wildman–Crippen LogP) is 1.61. The summed E-state index contributed by atoms with van der Waals surface area (Å²) in [7, 11) is -3.64. The summed E-state index contributed by atoms with van der Waals surface area (Å²) in [5, 5.41) is 0.218. The predicted molar refractivity (Wildman–Crippen MR) is 65.8 cm³/mol. The van der Waals surface area contributed by atoms with Gasteiger partial charge in [-0.3, -0.25) is 0 Å². The third-order valence-electron chi connectivity index (χ3n) is 1.97. The van der Waals surface area contributed by atoms with Crippen molar-refractivity contribution in [3.8, 4) is 0 Å². The van der Waals surface area contributed by atoms with Gasteiger partial charge in [0.2, 0.25) is 10.0 Å². The van der Waals surface area contributed by atoms with E-state index < -0.39 is 10.0 Å². The quantitative estimate of drug-likeness (QED) is 0.808. The third-order valence-corrected chi connectivity index (χ3v) is 3.72. The molecule has 0 amide bonds. The Labute approximate surface area is 100 Å². The zero-order chi connectivity index (χ0) is 12.3. The molecular formula is C10H13ClN2O2S. The SMILES string of the molecule is C=C(Cl)CNS(=O)(=O)c1c(C)cccc1N. The fourth-order valence-electron chi connectivity index (χ4n) is 1.29. The molecule has 16 heavy (non-hydrogen) atoms. The molecule has 1 aromatic rings. The summed E-state index contributed by atoms with van der Waals surface area (Å²) < 4.78 is 26.1. The van der Waals surface area contributed by atoms with E-state index in [-0.39, 0.29) is 22.2 Å². The number of benzene rings is 1. The molecule has 0 unspecified atom stereocenters. The second-order valence-electron chi connectivity index (χ2n) is 3.34. The largest absolute Gasteiger partial charge is 0.398 e. The Morgan fingerprint density at radius 3 is 2.69 bits per heavy atom. The number of halogens is 1. The van der Waals surface area contributed by atoms with E-state index in [2.05, 4.69) is 11.3 Å². The molecule has 1 rings (SSSR count). The molecule has 88 valence electrons. The number of nitrogens with two attached hydrogens (primary N) is 1. The van der Waals surface area contributed by atoms with Crippen molar-refractivity contribution in [1.29, 1.82) is 0 Å². The number of aryl methyl sites for hydroxylation is 1. The molecule has 1 aromatic carbocycles. The molecule has 0 saturated heterocycles. The summed E-state index contributed by atoms with van der Waals surface area (Å²) in [5.41, 5.74) is 6.45. The Bertz CT molecular complexity index is 491. The summed E-state index contributed by atoms with van der Waals surface area (Å²) >= 11 is 5.50. The highest BCUT2D eigenvalue weighted by molar-refractivity contribution is 7.89. The summed E-state index contributed by atoms with van der Waals surface area (Å²) in [4.78, 5) is 0.0907. The molecule has 4 nitrogen and oxygen atoms in total. The van der Waals surface area contributed by atoms with Gasteiger partial charge in [-0.25, -0.2) is 13.1 Å². The van der Waals surface area contributed by atoms with Crippen LogP contribution in [-0.4, -0.2) is 15.0 Å². The number of sulfonamides is 1. The van der Waals surface area contributed by atoms with Gasteiger partial charge in [-0.15, -0.1) is 0 Å². The van der Waals surface area contributed by atoms with Crippen molar-refractivity contribution in [1.82, 2.24) is 4.72 Å². The number of nitrogens with one attached hydrogen (secondary N) is 1. The first-order valence-electron chi connectivity index (χ1n) is 4.52. The van der Waals surface area contributed by atoms with Crippen LogP contribution in [0.3, 0.4) is 0 Å². The summed E-state index contributed by atoms with van der Waals surface area (Å²) in [6.07, 6.45) is 0. The Morgan fingerprint density at radius 2 is 2.19 bits per heavy atom. The molecule has 0 aliphatic carbocycles. The molecule has 0 aliphatic rings. The van der Waals surface area contributed by atoms with E-state index in [9.17, 15) is 8.42 Å². The van der Waals surface area contributed by atoms with E-state index in [4.69, 9.17) is 17.3 Å². The van der Waals surface area contributed by atoms with Crippen LogP contribution in [0.15, 0.2) is 34.7 Å². The van der Waals surface area contributed by atoms with Crippen LogP contribution in [0.25, 0.3) is 0 Å². The summed E-state index contributed by atoms with van der Waals surface area (Å²) in [5.74, 6) is 0. The van der Waals surface area contributed by atoms with Crippen LogP contribution in [0.5, 0.6) is 0 Å². The Morgan fingerprint density at radius 1 is 1.56 bits per heavy atom. The third kappa shape index (κ3) is 2.98. The van der Waals surface area contributed by atoms with E-state index in [1.807, 2.05) is 0 Å². The van der Waals surface area contributed by atoms with Crippen molar-refractivity contribution in [3.05, 3.63) is 35.4 Å². The molecule has 0 radical (unpaired) electrons. The van der Waals surface area contributed by atoms with E-state index in [0.29, 0.717) is 5.56 Å². The second-order valence-corrected chi connectivity index (χ2v) is 5.57. The van der Waals surface area contributed by atoms with Crippen LogP contribution in [-0.2, 0) is 10.0 Å². The zero-order valence-electron chi connectivity index (χ0n) is 8.83. The molecule has 6 heteroatoms. The van der Waals surface area contributed by atoms with Crippen molar-refractivity contribution in [2.45, 2.75) is 11.8 Å². The number of anilines is 1. The molecular weight excluding hydrogens is 248 g/mol. The topological polar surface area (TPSA) is 72.2 Å². The molecule has 0 saturated carbocycles. The van der Waals surface area contributed by atoms with Crippen molar-refractivity contribution in [2.75, 3.05) is 12.3 Å². The standard InChI is InChI=1S/C10H13ClN2O2S/c1-7-4-3-5-9(12)10(7)16(14,15)13-6-8(2)11/h3-5,13H,2,6,12H2,1H3. The monoisotopic (exact) mass is 260 g/mol. The number of hydrogen-bond acceptors (Lipinski definition) is 3. The van der Waals surface area contributed by atoms with Gasteiger partial charge in [-0.2, -0.15) is 0 Å². The van der Waals surface area contributed by atoms with Crippen LogP contribution >= 0.6 is 11.6 Å². The second kappa shape index (κ2) is 4.86. The first-order valence-corrected chi connectivity index (χ1v) is 6.39. The molecule has 0 atom stereocenters. The normalized spacial score (nSPS) is 11.4. The first kappa shape index (κ1) is 13.0. The highest BCUT2D eigenvalue weighted by Gasteiger charge is 2.19. The van der Waals surface area contributed by atoms with E-state index >= 15 is 0 Å². The van der Waals surface area contributed by atoms with Crippen molar-refractivity contribution >= 4 is 27.3 Å². The van der Waals surface area contributed by atoms with Gasteiger partial charge in [0.15, 0.2) is 0 Å². The molecule has 0 spiro atoms. The highest BCUT2D eigenvalue weighted by Crippen LogP contribution is 2.21. The lowest BCUT2D eigenvalue weighted by atomic mass is 10.2. The zero-order valence-corrected chi connectivity index (χ0v) is 10.4. The van der Waals surface area contributed by atoms with E-state index in [1.165, 1.54) is 6.07 Å². The average molecular weight is 261 g/mol. The van der Waals surface area contributed by atoms with Crippen molar-refractivity contribution < 1.29 is 8.42 Å². The number of nitrogen functional groups attached to an aromatic ring is 1. The minimum absolute atomic E-state index is 0.0162. The lowest BCUT2D eigenvalue weighted by Gasteiger charge is -2.10. The minimum atomic E-state index is -3.64. The fourth-order valence-corrected chi connectivity index (χ4v) is 2.81. The lowest BCUT2D eigenvalue weighted by Crippen LogP contribution is -2.26. The molecule has 3 N–H and O–H groups in total. The summed E-state index contributed by atoms with van der Waals surface area (Å²) in [6.45, 7) is 5.07. The van der Waals surface area contributed by atoms with Crippen molar-refractivity contribution in [2.24, 2.45) is 0 Å².